The number of benzene rings is 1. The minimum atomic E-state index is 0. The van der Waals surface area contributed by atoms with Crippen molar-refractivity contribution in [1.82, 2.24) is 0 Å². The summed E-state index contributed by atoms with van der Waals surface area (Å²) in [5.74, 6) is 0.850. The van der Waals surface area contributed by atoms with E-state index in [4.69, 9.17) is 9.05 Å². The van der Waals surface area contributed by atoms with E-state index in [0.29, 0.717) is 0 Å². The first-order valence-corrected chi connectivity index (χ1v) is 3.75. The fraction of sp³-hybridized carbons (Fsp3) is 0.250. The molecule has 1 aromatic carbocycles. The Labute approximate surface area is 69.5 Å². The fourth-order valence-corrected chi connectivity index (χ4v) is 0.894. The zero-order chi connectivity index (χ0) is 7.23. The first-order valence-electron chi connectivity index (χ1n) is 2.93. The van der Waals surface area contributed by atoms with Gasteiger partial charge in [-0.15, -0.1) is 0 Å². The van der Waals surface area contributed by atoms with E-state index in [1.54, 1.807) is 7.11 Å². The molecule has 0 fully saturated rings. The third-order valence-electron chi connectivity index (χ3n) is 0.986. The first-order chi connectivity index (χ1) is 4.93. The first kappa shape index (κ1) is 10.4. The van der Waals surface area contributed by atoms with E-state index in [1.165, 1.54) is 0 Å². The number of hydrogen-bond acceptors (Lipinski definition) is 2. The molecule has 1 atom stereocenters. The maximum absolute atomic E-state index is 5.16. The lowest BCUT2D eigenvalue weighted by Crippen LogP contribution is -1.76. The van der Waals surface area contributed by atoms with Gasteiger partial charge in [0.2, 0.25) is 9.03 Å². The third-order valence-corrected chi connectivity index (χ3v) is 1.47. The van der Waals surface area contributed by atoms with Gasteiger partial charge in [-0.1, -0.05) is 25.6 Å². The summed E-state index contributed by atoms with van der Waals surface area (Å²) >= 11 is 0. The summed E-state index contributed by atoms with van der Waals surface area (Å²) in [5.41, 5.74) is 0. The summed E-state index contributed by atoms with van der Waals surface area (Å²) in [5, 5.41) is 0. The van der Waals surface area contributed by atoms with E-state index >= 15 is 0 Å². The molecule has 0 aliphatic heterocycles. The summed E-state index contributed by atoms with van der Waals surface area (Å²) in [6, 6.07) is 9.59. The van der Waals surface area contributed by atoms with Crippen molar-refractivity contribution in [2.75, 3.05) is 7.11 Å². The lowest BCUT2D eigenvalue weighted by molar-refractivity contribution is 0.417. The van der Waals surface area contributed by atoms with Gasteiger partial charge in [0.05, 0.1) is 0 Å². The van der Waals surface area contributed by atoms with Crippen LogP contribution in [-0.2, 0) is 4.52 Å². The monoisotopic (exact) mass is 172 g/mol. The van der Waals surface area contributed by atoms with E-state index in [0.717, 1.165) is 5.75 Å². The van der Waals surface area contributed by atoms with Crippen LogP contribution < -0.4 is 4.52 Å². The van der Waals surface area contributed by atoms with Crippen molar-refractivity contribution in [1.29, 1.82) is 0 Å². The van der Waals surface area contributed by atoms with Crippen molar-refractivity contribution in [2.24, 2.45) is 0 Å². The number of hydrogen-bond donors (Lipinski definition) is 0. The Bertz CT molecular complexity index is 177. The molecule has 1 aromatic rings. The van der Waals surface area contributed by atoms with Gasteiger partial charge >= 0.3 is 0 Å². The molecular weight excluding hydrogens is 159 g/mol. The van der Waals surface area contributed by atoms with E-state index in [1.807, 2.05) is 30.3 Å². The van der Waals surface area contributed by atoms with Gasteiger partial charge in [0.25, 0.3) is 0 Å². The zero-order valence-corrected chi connectivity index (χ0v) is 6.70. The zero-order valence-electron chi connectivity index (χ0n) is 5.70. The highest BCUT2D eigenvalue weighted by Gasteiger charge is 1.87. The molecule has 0 radical (unpaired) electrons. The SMILES string of the molecule is C.COPOc1ccccc1. The van der Waals surface area contributed by atoms with Crippen molar-refractivity contribution in [2.45, 2.75) is 7.43 Å². The van der Waals surface area contributed by atoms with Gasteiger partial charge in [-0.05, 0) is 12.1 Å². The maximum Gasteiger partial charge on any atom is 0.215 e. The molecule has 62 valence electrons. The predicted octanol–water partition coefficient (Wildman–Crippen LogP) is 2.86. The van der Waals surface area contributed by atoms with Gasteiger partial charge in [0.1, 0.15) is 5.75 Å². The molecular formula is C8H13O2P. The highest BCUT2D eigenvalue weighted by molar-refractivity contribution is 7.26. The standard InChI is InChI=1S/C7H9O2P.CH4/c1-8-10-9-7-5-3-2-4-6-7;/h2-6,10H,1H3;1H4. The molecule has 0 saturated carbocycles. The van der Waals surface area contributed by atoms with Crippen LogP contribution in [0.15, 0.2) is 30.3 Å². The quantitative estimate of drug-likeness (QED) is 0.652. The Morgan fingerprint density at radius 3 is 2.36 bits per heavy atom. The molecule has 1 rings (SSSR count). The lowest BCUT2D eigenvalue weighted by Gasteiger charge is -2.00. The minimum Gasteiger partial charge on any atom is -0.450 e. The van der Waals surface area contributed by atoms with E-state index in [9.17, 15) is 0 Å². The second-order valence-electron chi connectivity index (χ2n) is 1.70. The van der Waals surface area contributed by atoms with Crippen molar-refractivity contribution in [3.63, 3.8) is 0 Å². The normalized spacial score (nSPS) is 9.55. The van der Waals surface area contributed by atoms with Gasteiger partial charge in [-0.3, -0.25) is 0 Å². The second-order valence-corrected chi connectivity index (χ2v) is 2.48. The van der Waals surface area contributed by atoms with Gasteiger partial charge in [-0.25, -0.2) is 0 Å². The molecule has 0 aromatic heterocycles. The Kier molecular flexibility index (Phi) is 5.81. The molecule has 0 heterocycles. The summed E-state index contributed by atoms with van der Waals surface area (Å²) in [7, 11) is 1.70. The van der Waals surface area contributed by atoms with E-state index in [-0.39, 0.29) is 16.5 Å². The number of rotatable bonds is 3. The Morgan fingerprint density at radius 2 is 1.82 bits per heavy atom. The summed E-state index contributed by atoms with van der Waals surface area (Å²) in [4.78, 5) is 0. The summed E-state index contributed by atoms with van der Waals surface area (Å²) in [6.45, 7) is 0. The van der Waals surface area contributed by atoms with E-state index in [2.05, 4.69) is 0 Å². The van der Waals surface area contributed by atoms with Crippen molar-refractivity contribution < 1.29 is 9.05 Å². The molecule has 0 aliphatic rings. The van der Waals surface area contributed by atoms with Gasteiger partial charge in [0, 0.05) is 7.11 Å². The highest BCUT2D eigenvalue weighted by Crippen LogP contribution is 2.19. The third kappa shape index (κ3) is 3.97. The predicted molar refractivity (Wildman–Crippen MR) is 49.1 cm³/mol. The van der Waals surface area contributed by atoms with Gasteiger partial charge in [-0.2, -0.15) is 0 Å². The van der Waals surface area contributed by atoms with Gasteiger partial charge < -0.3 is 9.05 Å². The maximum atomic E-state index is 5.16. The second kappa shape index (κ2) is 6.14. The topological polar surface area (TPSA) is 18.5 Å². The molecule has 0 saturated heterocycles. The molecule has 0 N–H and O–H groups in total. The lowest BCUT2D eigenvalue weighted by atomic mass is 10.3. The molecule has 0 spiro atoms. The van der Waals surface area contributed by atoms with Crippen LogP contribution in [0.25, 0.3) is 0 Å². The molecule has 3 heteroatoms. The van der Waals surface area contributed by atoms with Crippen molar-refractivity contribution >= 4 is 9.03 Å². The van der Waals surface area contributed by atoms with Crippen LogP contribution in [0.1, 0.15) is 7.43 Å². The molecule has 11 heavy (non-hydrogen) atoms. The fourth-order valence-electron chi connectivity index (χ4n) is 0.578. The minimum absolute atomic E-state index is 0. The average molecular weight is 172 g/mol. The van der Waals surface area contributed by atoms with Crippen LogP contribution in [0.5, 0.6) is 5.75 Å². The molecule has 1 unspecified atom stereocenters. The van der Waals surface area contributed by atoms with Crippen molar-refractivity contribution in [3.8, 4) is 5.75 Å². The molecule has 0 aliphatic carbocycles. The molecule has 2 nitrogen and oxygen atoms in total. The smallest absolute Gasteiger partial charge is 0.215 e. The Hall–Kier alpha value is -0.590. The average Bonchev–Trinajstić information content (AvgIpc) is 2.03. The van der Waals surface area contributed by atoms with Crippen LogP contribution in [0.2, 0.25) is 0 Å². The van der Waals surface area contributed by atoms with Crippen LogP contribution in [0, 0.1) is 0 Å². The van der Waals surface area contributed by atoms with E-state index < -0.39 is 0 Å². The largest absolute Gasteiger partial charge is 0.450 e. The Morgan fingerprint density at radius 1 is 1.18 bits per heavy atom. The molecule has 0 amide bonds. The summed E-state index contributed by atoms with van der Waals surface area (Å²) in [6.07, 6.45) is 0. The van der Waals surface area contributed by atoms with Crippen LogP contribution in [-0.4, -0.2) is 7.11 Å². The Balaban J connectivity index is 0.000001000. The molecule has 0 bridgehead atoms. The van der Waals surface area contributed by atoms with Crippen LogP contribution in [0.3, 0.4) is 0 Å². The highest BCUT2D eigenvalue weighted by atomic mass is 31.1. The summed E-state index contributed by atoms with van der Waals surface area (Å²) < 4.78 is 9.91. The van der Waals surface area contributed by atoms with Crippen LogP contribution in [0.4, 0.5) is 0 Å². The van der Waals surface area contributed by atoms with Crippen molar-refractivity contribution in [3.05, 3.63) is 30.3 Å². The van der Waals surface area contributed by atoms with Crippen LogP contribution >= 0.6 is 9.03 Å². The number of para-hydroxylation sites is 1. The van der Waals surface area contributed by atoms with Gasteiger partial charge in [0.15, 0.2) is 0 Å².